The van der Waals surface area contributed by atoms with Crippen molar-refractivity contribution in [1.82, 2.24) is 5.32 Å². The lowest BCUT2D eigenvalue weighted by molar-refractivity contribution is 0.0810. The number of aliphatic hydroxyl groups excluding tert-OH is 1. The molecule has 2 N–H and O–H groups in total. The number of aliphatic hydroxyl groups is 1. The Hall–Kier alpha value is -0.0800. The molecule has 0 radical (unpaired) electrons. The van der Waals surface area contributed by atoms with Crippen molar-refractivity contribution in [2.75, 3.05) is 6.54 Å². The van der Waals surface area contributed by atoms with Crippen LogP contribution in [0.25, 0.3) is 0 Å². The molecule has 76 valence electrons. The highest BCUT2D eigenvalue weighted by Crippen LogP contribution is 2.52. The fourth-order valence-electron chi connectivity index (χ4n) is 2.49. The zero-order chi connectivity index (χ0) is 9.31. The number of piperidine rings is 1. The van der Waals surface area contributed by atoms with Crippen molar-refractivity contribution in [3.8, 4) is 0 Å². The van der Waals surface area contributed by atoms with Gasteiger partial charge in [-0.05, 0) is 44.1 Å². The Morgan fingerprint density at radius 2 is 2.23 bits per heavy atom. The first kappa shape index (κ1) is 9.47. The summed E-state index contributed by atoms with van der Waals surface area (Å²) in [6, 6.07) is 0.385. The van der Waals surface area contributed by atoms with Crippen LogP contribution in [-0.2, 0) is 0 Å². The maximum absolute atomic E-state index is 9.79. The summed E-state index contributed by atoms with van der Waals surface area (Å²) >= 11 is 0. The fourth-order valence-corrected chi connectivity index (χ4v) is 2.49. The first-order valence-corrected chi connectivity index (χ1v) is 5.67. The minimum absolute atomic E-state index is 0.0854. The van der Waals surface area contributed by atoms with Crippen molar-refractivity contribution in [3.05, 3.63) is 0 Å². The van der Waals surface area contributed by atoms with Gasteiger partial charge in [0.1, 0.15) is 0 Å². The van der Waals surface area contributed by atoms with E-state index < -0.39 is 0 Å². The van der Waals surface area contributed by atoms with Gasteiger partial charge in [0.15, 0.2) is 0 Å². The van der Waals surface area contributed by atoms with E-state index in [1.807, 2.05) is 0 Å². The van der Waals surface area contributed by atoms with Gasteiger partial charge in [-0.15, -0.1) is 0 Å². The third-order valence-electron chi connectivity index (χ3n) is 3.91. The summed E-state index contributed by atoms with van der Waals surface area (Å²) in [4.78, 5) is 0. The van der Waals surface area contributed by atoms with E-state index in [0.717, 1.165) is 19.4 Å². The predicted molar refractivity (Wildman–Crippen MR) is 53.6 cm³/mol. The van der Waals surface area contributed by atoms with E-state index in [4.69, 9.17) is 0 Å². The van der Waals surface area contributed by atoms with Crippen molar-refractivity contribution in [3.63, 3.8) is 0 Å². The Kier molecular flexibility index (Phi) is 2.61. The molecule has 0 aromatic heterocycles. The van der Waals surface area contributed by atoms with Crippen LogP contribution in [0.2, 0.25) is 0 Å². The van der Waals surface area contributed by atoms with E-state index >= 15 is 0 Å². The largest absolute Gasteiger partial charge is 0.392 e. The highest BCUT2D eigenvalue weighted by molar-refractivity contribution is 4.97. The van der Waals surface area contributed by atoms with Gasteiger partial charge >= 0.3 is 0 Å². The summed E-state index contributed by atoms with van der Waals surface area (Å²) in [5.74, 6) is 0. The third-order valence-corrected chi connectivity index (χ3v) is 3.91. The van der Waals surface area contributed by atoms with Crippen molar-refractivity contribution < 1.29 is 5.11 Å². The van der Waals surface area contributed by atoms with E-state index in [2.05, 4.69) is 12.2 Å². The minimum Gasteiger partial charge on any atom is -0.392 e. The lowest BCUT2D eigenvalue weighted by Gasteiger charge is -2.31. The van der Waals surface area contributed by atoms with Gasteiger partial charge in [0.05, 0.1) is 6.10 Å². The summed E-state index contributed by atoms with van der Waals surface area (Å²) < 4.78 is 0. The third kappa shape index (κ3) is 2.05. The van der Waals surface area contributed by atoms with Gasteiger partial charge in [-0.25, -0.2) is 0 Å². The van der Waals surface area contributed by atoms with Crippen LogP contribution in [-0.4, -0.2) is 23.8 Å². The topological polar surface area (TPSA) is 32.3 Å². The first-order chi connectivity index (χ1) is 6.26. The maximum atomic E-state index is 9.79. The van der Waals surface area contributed by atoms with Crippen molar-refractivity contribution in [2.45, 2.75) is 57.6 Å². The van der Waals surface area contributed by atoms with Gasteiger partial charge in [-0.2, -0.15) is 0 Å². The molecule has 1 heterocycles. The maximum Gasteiger partial charge on any atom is 0.0693 e. The molecule has 2 aliphatic rings. The molecule has 1 aliphatic carbocycles. The normalized spacial score (nSPS) is 37.4. The smallest absolute Gasteiger partial charge is 0.0693 e. The summed E-state index contributed by atoms with van der Waals surface area (Å²) in [7, 11) is 0. The van der Waals surface area contributed by atoms with Crippen molar-refractivity contribution in [2.24, 2.45) is 5.41 Å². The molecule has 1 aliphatic heterocycles. The molecule has 2 nitrogen and oxygen atoms in total. The molecule has 1 saturated heterocycles. The molecule has 0 bridgehead atoms. The summed E-state index contributed by atoms with van der Waals surface area (Å²) in [6.07, 6.45) is 7.30. The average molecular weight is 183 g/mol. The second kappa shape index (κ2) is 3.58. The highest BCUT2D eigenvalue weighted by atomic mass is 16.3. The van der Waals surface area contributed by atoms with Gasteiger partial charge in [-0.1, -0.05) is 13.3 Å². The Morgan fingerprint density at radius 3 is 2.77 bits per heavy atom. The van der Waals surface area contributed by atoms with Crippen LogP contribution in [0.4, 0.5) is 0 Å². The summed E-state index contributed by atoms with van der Waals surface area (Å²) in [5, 5.41) is 13.2. The Bertz CT molecular complexity index is 177. The van der Waals surface area contributed by atoms with E-state index in [1.54, 1.807) is 0 Å². The second-order valence-corrected chi connectivity index (χ2v) is 4.83. The number of rotatable bonds is 3. The number of hydrogen-bond acceptors (Lipinski definition) is 2. The molecular formula is C11H21NO. The van der Waals surface area contributed by atoms with Crippen LogP contribution < -0.4 is 5.32 Å². The molecule has 2 fully saturated rings. The molecule has 13 heavy (non-hydrogen) atoms. The van der Waals surface area contributed by atoms with Gasteiger partial charge in [0.25, 0.3) is 0 Å². The van der Waals surface area contributed by atoms with Gasteiger partial charge in [0, 0.05) is 6.04 Å². The molecule has 0 amide bonds. The summed E-state index contributed by atoms with van der Waals surface area (Å²) in [6.45, 7) is 3.38. The van der Waals surface area contributed by atoms with Crippen LogP contribution in [0.15, 0.2) is 0 Å². The van der Waals surface area contributed by atoms with Crippen LogP contribution in [0.3, 0.4) is 0 Å². The van der Waals surface area contributed by atoms with Crippen LogP contribution in [0.1, 0.15) is 45.4 Å². The van der Waals surface area contributed by atoms with Crippen molar-refractivity contribution in [1.29, 1.82) is 0 Å². The highest BCUT2D eigenvalue weighted by Gasteiger charge is 2.43. The minimum atomic E-state index is -0.0854. The molecule has 2 atom stereocenters. The molecule has 1 saturated carbocycles. The van der Waals surface area contributed by atoms with E-state index in [9.17, 15) is 5.11 Å². The Morgan fingerprint density at radius 1 is 1.46 bits per heavy atom. The lowest BCUT2D eigenvalue weighted by atomic mass is 9.88. The molecule has 0 aromatic carbocycles. The van der Waals surface area contributed by atoms with E-state index in [0.29, 0.717) is 11.5 Å². The first-order valence-electron chi connectivity index (χ1n) is 5.67. The quantitative estimate of drug-likeness (QED) is 0.697. The zero-order valence-electron chi connectivity index (χ0n) is 8.55. The van der Waals surface area contributed by atoms with E-state index in [-0.39, 0.29) is 6.10 Å². The Balaban J connectivity index is 1.85. The van der Waals surface area contributed by atoms with Crippen LogP contribution >= 0.6 is 0 Å². The van der Waals surface area contributed by atoms with E-state index in [1.165, 1.54) is 25.7 Å². The Labute approximate surface area is 80.7 Å². The number of nitrogens with one attached hydrogen (secondary N) is 1. The molecule has 0 aromatic rings. The van der Waals surface area contributed by atoms with Gasteiger partial charge in [-0.3, -0.25) is 0 Å². The number of hydrogen-bond donors (Lipinski definition) is 2. The monoisotopic (exact) mass is 183 g/mol. The summed E-state index contributed by atoms with van der Waals surface area (Å²) in [5.41, 5.74) is 0.607. The molecule has 2 unspecified atom stereocenters. The van der Waals surface area contributed by atoms with Crippen molar-refractivity contribution >= 4 is 0 Å². The molecule has 0 spiro atoms. The van der Waals surface area contributed by atoms with Crippen LogP contribution in [0.5, 0.6) is 0 Å². The molecule has 2 rings (SSSR count). The average Bonchev–Trinajstić information content (AvgIpc) is 2.90. The lowest BCUT2D eigenvalue weighted by Crippen LogP contribution is -2.46. The predicted octanol–water partition coefficient (Wildman–Crippen LogP) is 1.68. The van der Waals surface area contributed by atoms with Gasteiger partial charge in [0.2, 0.25) is 0 Å². The molecular weight excluding hydrogens is 162 g/mol. The standard InChI is InChI=1S/C11H21NO/c1-2-11(5-6-11)8-9-10(13)4-3-7-12-9/h9-10,12-13H,2-8H2,1H3. The molecule has 2 heteroatoms. The fraction of sp³-hybridized carbons (Fsp3) is 1.00. The SMILES string of the molecule is CCC1(CC2NCCCC2O)CC1. The zero-order valence-corrected chi connectivity index (χ0v) is 8.55. The van der Waals surface area contributed by atoms with Crippen LogP contribution in [0, 0.1) is 5.41 Å². The van der Waals surface area contributed by atoms with Gasteiger partial charge < -0.3 is 10.4 Å². The second-order valence-electron chi connectivity index (χ2n) is 4.83.